The highest BCUT2D eigenvalue weighted by atomic mass is 35.5. The first-order valence-corrected chi connectivity index (χ1v) is 8.41. The van der Waals surface area contributed by atoms with Crippen LogP contribution in [0.1, 0.15) is 11.4 Å². The number of H-pyrrole nitrogens is 1. The fraction of sp³-hybridized carbons (Fsp3) is 0.0500. The van der Waals surface area contributed by atoms with Crippen molar-refractivity contribution >= 4 is 34.0 Å². The molecule has 0 aliphatic carbocycles. The van der Waals surface area contributed by atoms with Crippen LogP contribution < -0.4 is 0 Å². The van der Waals surface area contributed by atoms with E-state index in [9.17, 15) is 0 Å². The highest BCUT2D eigenvalue weighted by Gasteiger charge is 2.09. The number of nitrogens with one attached hydrogen (secondary N) is 1. The second-order valence-corrected chi connectivity index (χ2v) is 6.57. The summed E-state index contributed by atoms with van der Waals surface area (Å²) < 4.78 is 0. The Balaban J connectivity index is 1.63. The molecule has 4 rings (SSSR count). The van der Waals surface area contributed by atoms with Crippen molar-refractivity contribution in [2.45, 2.75) is 6.42 Å². The van der Waals surface area contributed by atoms with Crippen LogP contribution >= 0.6 is 23.2 Å². The molecule has 1 N–H and O–H groups in total. The zero-order valence-corrected chi connectivity index (χ0v) is 14.3. The molecule has 0 fully saturated rings. The minimum absolute atomic E-state index is 0.653. The molecular weight excluding hydrogens is 339 g/mol. The number of fused-ring (bicyclic) bond motifs is 1. The summed E-state index contributed by atoms with van der Waals surface area (Å²) in [5, 5.41) is 3.78. The third kappa shape index (κ3) is 3.03. The van der Waals surface area contributed by atoms with Crippen molar-refractivity contribution in [3.8, 4) is 11.3 Å². The van der Waals surface area contributed by atoms with Gasteiger partial charge in [-0.3, -0.25) is 0 Å². The second-order valence-electron chi connectivity index (χ2n) is 5.73. The van der Waals surface area contributed by atoms with Crippen LogP contribution in [0.4, 0.5) is 0 Å². The number of imidazole rings is 1. The molecular formula is C20H14Cl2N2. The molecule has 0 aliphatic heterocycles. The van der Waals surface area contributed by atoms with Crippen LogP contribution in [-0.2, 0) is 6.42 Å². The van der Waals surface area contributed by atoms with Gasteiger partial charge in [-0.05, 0) is 34.5 Å². The van der Waals surface area contributed by atoms with Crippen LogP contribution in [0.2, 0.25) is 10.0 Å². The molecule has 4 aromatic rings. The lowest BCUT2D eigenvalue weighted by molar-refractivity contribution is 1.03. The van der Waals surface area contributed by atoms with E-state index in [0.29, 0.717) is 10.0 Å². The van der Waals surface area contributed by atoms with E-state index < -0.39 is 0 Å². The number of rotatable bonds is 3. The van der Waals surface area contributed by atoms with Crippen molar-refractivity contribution in [3.05, 3.63) is 88.3 Å². The summed E-state index contributed by atoms with van der Waals surface area (Å²) in [7, 11) is 0. The Bertz CT molecular complexity index is 1020. The summed E-state index contributed by atoms with van der Waals surface area (Å²) in [6.45, 7) is 0. The van der Waals surface area contributed by atoms with Gasteiger partial charge in [-0.2, -0.15) is 0 Å². The molecule has 1 heterocycles. The Hall–Kier alpha value is -2.29. The minimum Gasteiger partial charge on any atom is -0.342 e. The van der Waals surface area contributed by atoms with E-state index >= 15 is 0 Å². The maximum atomic E-state index is 6.26. The van der Waals surface area contributed by atoms with Crippen LogP contribution in [0.25, 0.3) is 22.0 Å². The van der Waals surface area contributed by atoms with Crippen molar-refractivity contribution in [1.29, 1.82) is 0 Å². The maximum Gasteiger partial charge on any atom is 0.110 e. The molecule has 3 aromatic carbocycles. The average molecular weight is 353 g/mol. The lowest BCUT2D eigenvalue weighted by Gasteiger charge is -2.03. The minimum atomic E-state index is 0.653. The van der Waals surface area contributed by atoms with E-state index in [-0.39, 0.29) is 0 Å². The van der Waals surface area contributed by atoms with Crippen molar-refractivity contribution in [1.82, 2.24) is 9.97 Å². The van der Waals surface area contributed by atoms with Crippen LogP contribution in [0, 0.1) is 0 Å². The summed E-state index contributed by atoms with van der Waals surface area (Å²) >= 11 is 12.3. The predicted molar refractivity (Wildman–Crippen MR) is 101 cm³/mol. The van der Waals surface area contributed by atoms with E-state index in [0.717, 1.165) is 23.5 Å². The zero-order chi connectivity index (χ0) is 16.5. The van der Waals surface area contributed by atoms with Crippen molar-refractivity contribution < 1.29 is 0 Å². The van der Waals surface area contributed by atoms with Gasteiger partial charge in [0.2, 0.25) is 0 Å². The van der Waals surface area contributed by atoms with E-state index in [1.807, 2.05) is 6.07 Å². The molecule has 0 aliphatic rings. The Morgan fingerprint density at radius 1 is 0.875 bits per heavy atom. The number of benzene rings is 3. The van der Waals surface area contributed by atoms with Crippen LogP contribution in [0.15, 0.2) is 66.9 Å². The lowest BCUT2D eigenvalue weighted by atomic mass is 10.1. The third-order valence-corrected chi connectivity index (χ3v) is 4.60. The first-order valence-electron chi connectivity index (χ1n) is 7.66. The molecule has 0 bridgehead atoms. The number of nitrogens with zero attached hydrogens (tertiary/aromatic N) is 1. The molecule has 0 atom stereocenters. The van der Waals surface area contributed by atoms with E-state index in [4.69, 9.17) is 23.2 Å². The quantitative estimate of drug-likeness (QED) is 0.472. The molecule has 0 unspecified atom stereocenters. The van der Waals surface area contributed by atoms with Crippen LogP contribution in [-0.4, -0.2) is 9.97 Å². The van der Waals surface area contributed by atoms with Crippen LogP contribution in [0.3, 0.4) is 0 Å². The largest absolute Gasteiger partial charge is 0.342 e. The van der Waals surface area contributed by atoms with Gasteiger partial charge in [0.15, 0.2) is 0 Å². The fourth-order valence-corrected chi connectivity index (χ4v) is 3.23. The van der Waals surface area contributed by atoms with Crippen molar-refractivity contribution in [2.75, 3.05) is 0 Å². The fourth-order valence-electron chi connectivity index (χ4n) is 2.84. The molecule has 2 nitrogen and oxygen atoms in total. The number of hydrogen-bond donors (Lipinski definition) is 1. The van der Waals surface area contributed by atoms with Gasteiger partial charge >= 0.3 is 0 Å². The van der Waals surface area contributed by atoms with Gasteiger partial charge in [-0.15, -0.1) is 0 Å². The summed E-state index contributed by atoms with van der Waals surface area (Å²) in [6, 6.07) is 20.2. The molecule has 0 radical (unpaired) electrons. The van der Waals surface area contributed by atoms with Gasteiger partial charge in [0.1, 0.15) is 5.82 Å². The summed E-state index contributed by atoms with van der Waals surface area (Å²) in [5.41, 5.74) is 2.95. The van der Waals surface area contributed by atoms with E-state index in [2.05, 4.69) is 52.4 Å². The summed E-state index contributed by atoms with van der Waals surface area (Å²) in [6.07, 6.45) is 2.54. The average Bonchev–Trinajstić information content (AvgIpc) is 3.05. The molecule has 0 spiro atoms. The third-order valence-electron chi connectivity index (χ3n) is 4.03. The first-order chi connectivity index (χ1) is 11.7. The van der Waals surface area contributed by atoms with Gasteiger partial charge in [0.05, 0.1) is 16.9 Å². The second kappa shape index (κ2) is 6.31. The predicted octanol–water partition coefficient (Wildman–Crippen LogP) is 6.13. The smallest absolute Gasteiger partial charge is 0.110 e. The Labute approximate surface area is 150 Å². The Morgan fingerprint density at radius 3 is 2.58 bits per heavy atom. The molecule has 0 amide bonds. The summed E-state index contributed by atoms with van der Waals surface area (Å²) in [4.78, 5) is 7.82. The standard InChI is InChI=1S/C20H14Cl2N2/c21-16-7-8-18(22)17(11-16)19-12-23-20(24-19)10-13-5-6-14-3-1-2-4-15(14)9-13/h1-9,11-12H,10H2,(H,23,24). The number of halogens is 2. The number of hydrogen-bond acceptors (Lipinski definition) is 1. The maximum absolute atomic E-state index is 6.26. The Kier molecular flexibility index (Phi) is 4.01. The highest BCUT2D eigenvalue weighted by molar-refractivity contribution is 6.35. The number of aromatic amines is 1. The molecule has 0 saturated carbocycles. The van der Waals surface area contributed by atoms with Crippen LogP contribution in [0.5, 0.6) is 0 Å². The van der Waals surface area contributed by atoms with Crippen molar-refractivity contribution in [3.63, 3.8) is 0 Å². The van der Waals surface area contributed by atoms with Crippen molar-refractivity contribution in [2.24, 2.45) is 0 Å². The molecule has 0 saturated heterocycles. The van der Waals surface area contributed by atoms with Gasteiger partial charge < -0.3 is 4.98 Å². The van der Waals surface area contributed by atoms with Gasteiger partial charge in [-0.25, -0.2) is 4.98 Å². The molecule has 4 heteroatoms. The normalized spacial score (nSPS) is 11.1. The molecule has 24 heavy (non-hydrogen) atoms. The molecule has 118 valence electrons. The van der Waals surface area contributed by atoms with Gasteiger partial charge in [-0.1, -0.05) is 65.7 Å². The highest BCUT2D eigenvalue weighted by Crippen LogP contribution is 2.29. The SMILES string of the molecule is Clc1ccc(Cl)c(-c2cnc(Cc3ccc4ccccc4c3)[nH]2)c1. The first kappa shape index (κ1) is 15.3. The monoisotopic (exact) mass is 352 g/mol. The molecule has 1 aromatic heterocycles. The zero-order valence-electron chi connectivity index (χ0n) is 12.8. The summed E-state index contributed by atoms with van der Waals surface area (Å²) in [5.74, 6) is 0.899. The number of aromatic nitrogens is 2. The van der Waals surface area contributed by atoms with Gasteiger partial charge in [0, 0.05) is 17.0 Å². The lowest BCUT2D eigenvalue weighted by Crippen LogP contribution is -1.91. The Morgan fingerprint density at radius 2 is 1.71 bits per heavy atom. The van der Waals surface area contributed by atoms with E-state index in [1.165, 1.54) is 16.3 Å². The van der Waals surface area contributed by atoms with Gasteiger partial charge in [0.25, 0.3) is 0 Å². The van der Waals surface area contributed by atoms with E-state index in [1.54, 1.807) is 18.3 Å². The topological polar surface area (TPSA) is 28.7 Å².